The second kappa shape index (κ2) is 11.6. The number of nitrogens with one attached hydrogen (secondary N) is 1. The molecule has 0 radical (unpaired) electrons. The molecule has 0 aliphatic heterocycles. The summed E-state index contributed by atoms with van der Waals surface area (Å²) < 4.78 is 51.6. The van der Waals surface area contributed by atoms with Crippen LogP contribution in [-0.4, -0.2) is 28.7 Å². The molecule has 1 amide bonds. The minimum Gasteiger partial charge on any atom is -0.493 e. The van der Waals surface area contributed by atoms with Gasteiger partial charge in [-0.2, -0.15) is 18.3 Å². The average molecular weight is 591 g/mol. The van der Waals surface area contributed by atoms with Gasteiger partial charge < -0.3 is 14.0 Å². The first-order valence-electron chi connectivity index (χ1n) is 12.6. The van der Waals surface area contributed by atoms with E-state index < -0.39 is 34.0 Å². The Balaban J connectivity index is 1.34. The number of hydrogen-bond donors (Lipinski definition) is 1. The fraction of sp³-hybridized carbons (Fsp3) is 0.100. The third-order valence-electron chi connectivity index (χ3n) is 6.47. The molecule has 0 fully saturated rings. The van der Waals surface area contributed by atoms with Crippen LogP contribution in [0.15, 0.2) is 94.8 Å². The summed E-state index contributed by atoms with van der Waals surface area (Å²) in [5.74, 6) is -0.761. The lowest BCUT2D eigenvalue weighted by Crippen LogP contribution is -2.25. The molecule has 0 unspecified atom stereocenters. The molecular weight excluding hydrogens is 569 g/mol. The first kappa shape index (κ1) is 28.8. The molecule has 4 aromatic carbocycles. The zero-order chi connectivity index (χ0) is 30.7. The number of alkyl halides is 3. The lowest BCUT2D eigenvalue weighted by atomic mass is 10.1. The van der Waals surface area contributed by atoms with Gasteiger partial charge in [0.1, 0.15) is 6.54 Å². The number of nitrogens with zero attached hydrogens (tertiary/aromatic N) is 3. The highest BCUT2D eigenvalue weighted by molar-refractivity contribution is 5.95. The van der Waals surface area contributed by atoms with E-state index in [0.29, 0.717) is 39.5 Å². The SMILES string of the molecule is COc1cc(/C=N\NC(=O)Cn2c3ccccc3c(=O)c3ccccc32)ccc1Oc1ccc(C(F)(F)F)cc1[N+](=O)[O-]. The number of rotatable bonds is 8. The molecule has 0 aliphatic carbocycles. The number of benzene rings is 4. The second-order valence-corrected chi connectivity index (χ2v) is 9.19. The van der Waals surface area contributed by atoms with Crippen LogP contribution in [0.3, 0.4) is 0 Å². The largest absolute Gasteiger partial charge is 0.493 e. The molecule has 0 bridgehead atoms. The van der Waals surface area contributed by atoms with Crippen molar-refractivity contribution in [3.05, 3.63) is 116 Å². The molecule has 1 aromatic heterocycles. The maximum Gasteiger partial charge on any atom is 0.416 e. The monoisotopic (exact) mass is 590 g/mol. The number of carbonyl (C=O) groups is 1. The molecule has 1 heterocycles. The van der Waals surface area contributed by atoms with Gasteiger partial charge in [-0.25, -0.2) is 5.43 Å². The lowest BCUT2D eigenvalue weighted by molar-refractivity contribution is -0.385. The van der Waals surface area contributed by atoms with Crippen LogP contribution in [-0.2, 0) is 17.5 Å². The van der Waals surface area contributed by atoms with E-state index in [2.05, 4.69) is 10.5 Å². The maximum atomic E-state index is 13.0. The number of amides is 1. The number of nitro groups is 1. The van der Waals surface area contributed by atoms with Crippen molar-refractivity contribution >= 4 is 39.6 Å². The summed E-state index contributed by atoms with van der Waals surface area (Å²) in [5, 5.41) is 16.3. The number of nitro benzene ring substituents is 1. The number of hydrogen-bond acceptors (Lipinski definition) is 7. The summed E-state index contributed by atoms with van der Waals surface area (Å²) in [7, 11) is 1.31. The van der Waals surface area contributed by atoms with E-state index in [9.17, 15) is 32.9 Å². The summed E-state index contributed by atoms with van der Waals surface area (Å²) in [5.41, 5.74) is 1.91. The van der Waals surface area contributed by atoms with Crippen molar-refractivity contribution < 1.29 is 32.4 Å². The van der Waals surface area contributed by atoms with Crippen molar-refractivity contribution in [1.82, 2.24) is 9.99 Å². The van der Waals surface area contributed by atoms with Gasteiger partial charge in [-0.05, 0) is 60.2 Å². The lowest BCUT2D eigenvalue weighted by Gasteiger charge is -2.14. The van der Waals surface area contributed by atoms with Gasteiger partial charge in [0, 0.05) is 16.8 Å². The van der Waals surface area contributed by atoms with Crippen molar-refractivity contribution in [3.8, 4) is 17.2 Å². The van der Waals surface area contributed by atoms with Crippen LogP contribution in [0.1, 0.15) is 11.1 Å². The van der Waals surface area contributed by atoms with Crippen LogP contribution in [0.25, 0.3) is 21.8 Å². The minimum atomic E-state index is -4.76. The molecule has 0 aliphatic rings. The Labute approximate surface area is 240 Å². The Morgan fingerprint density at radius 3 is 2.19 bits per heavy atom. The topological polar surface area (TPSA) is 125 Å². The van der Waals surface area contributed by atoms with Crippen LogP contribution < -0.4 is 20.3 Å². The van der Waals surface area contributed by atoms with Gasteiger partial charge >= 0.3 is 11.9 Å². The predicted molar refractivity (Wildman–Crippen MR) is 153 cm³/mol. The van der Waals surface area contributed by atoms with Gasteiger partial charge in [-0.15, -0.1) is 0 Å². The summed E-state index contributed by atoms with van der Waals surface area (Å²) in [4.78, 5) is 36.2. The number of ether oxygens (including phenoxy) is 2. The molecule has 0 saturated carbocycles. The highest BCUT2D eigenvalue weighted by Crippen LogP contribution is 2.40. The zero-order valence-corrected chi connectivity index (χ0v) is 22.3. The molecule has 0 spiro atoms. The molecule has 0 saturated heterocycles. The number of methoxy groups -OCH3 is 1. The van der Waals surface area contributed by atoms with E-state index in [1.54, 1.807) is 53.1 Å². The number of aromatic nitrogens is 1. The normalized spacial score (nSPS) is 11.6. The average Bonchev–Trinajstić information content (AvgIpc) is 2.99. The van der Waals surface area contributed by atoms with E-state index in [1.165, 1.54) is 31.5 Å². The molecular formula is C30H21F3N4O6. The molecule has 0 atom stereocenters. The van der Waals surface area contributed by atoms with Crippen LogP contribution in [0.2, 0.25) is 0 Å². The van der Waals surface area contributed by atoms with Crippen LogP contribution in [0.5, 0.6) is 17.2 Å². The van der Waals surface area contributed by atoms with Crippen molar-refractivity contribution in [3.63, 3.8) is 0 Å². The van der Waals surface area contributed by atoms with E-state index >= 15 is 0 Å². The van der Waals surface area contributed by atoms with Gasteiger partial charge in [-0.3, -0.25) is 19.7 Å². The molecule has 1 N–H and O–H groups in total. The molecule has 5 rings (SSSR count). The summed E-state index contributed by atoms with van der Waals surface area (Å²) in [6.45, 7) is -0.124. The number of fused-ring (bicyclic) bond motifs is 2. The van der Waals surface area contributed by atoms with Crippen molar-refractivity contribution in [1.29, 1.82) is 0 Å². The molecule has 218 valence electrons. The summed E-state index contributed by atoms with van der Waals surface area (Å²) in [6.07, 6.45) is -3.44. The first-order chi connectivity index (χ1) is 20.6. The smallest absolute Gasteiger partial charge is 0.416 e. The van der Waals surface area contributed by atoms with Crippen molar-refractivity contribution in [2.24, 2.45) is 5.10 Å². The second-order valence-electron chi connectivity index (χ2n) is 9.19. The quantitative estimate of drug-likeness (QED) is 0.102. The number of para-hydroxylation sites is 2. The number of carbonyl (C=O) groups excluding carboxylic acids is 1. The number of hydrazone groups is 1. The first-order valence-corrected chi connectivity index (χ1v) is 12.6. The standard InChI is InChI=1S/C30H21F3N4O6/c1-42-27-14-18(10-12-26(27)43-25-13-11-19(30(31,32)33)15-24(25)37(40)41)16-34-35-28(38)17-36-22-8-4-2-6-20(22)29(39)21-7-3-5-9-23(21)36/h2-16H,17H2,1H3,(H,35,38)/b34-16-. The van der Waals surface area contributed by atoms with Gasteiger partial charge in [0.2, 0.25) is 5.75 Å². The molecule has 13 heteroatoms. The minimum absolute atomic E-state index is 0.00326. The van der Waals surface area contributed by atoms with Gasteiger partial charge in [-0.1, -0.05) is 24.3 Å². The molecule has 5 aromatic rings. The van der Waals surface area contributed by atoms with Gasteiger partial charge in [0.15, 0.2) is 16.9 Å². The Bertz CT molecular complexity index is 1910. The van der Waals surface area contributed by atoms with Crippen LogP contribution in [0.4, 0.5) is 18.9 Å². The van der Waals surface area contributed by atoms with E-state index in [-0.39, 0.29) is 23.5 Å². The predicted octanol–water partition coefficient (Wildman–Crippen LogP) is 6.03. The Hall–Kier alpha value is -5.72. The molecule has 43 heavy (non-hydrogen) atoms. The maximum absolute atomic E-state index is 13.0. The third kappa shape index (κ3) is 6.00. The highest BCUT2D eigenvalue weighted by atomic mass is 19.4. The Morgan fingerprint density at radius 2 is 1.58 bits per heavy atom. The zero-order valence-electron chi connectivity index (χ0n) is 22.3. The molecule has 10 nitrogen and oxygen atoms in total. The van der Waals surface area contributed by atoms with Crippen molar-refractivity contribution in [2.75, 3.05) is 7.11 Å². The number of pyridine rings is 1. The fourth-order valence-electron chi connectivity index (χ4n) is 4.49. The highest BCUT2D eigenvalue weighted by Gasteiger charge is 2.33. The fourth-order valence-corrected chi connectivity index (χ4v) is 4.49. The third-order valence-corrected chi connectivity index (χ3v) is 6.47. The van der Waals surface area contributed by atoms with Crippen LogP contribution in [0, 0.1) is 10.1 Å². The van der Waals surface area contributed by atoms with Crippen molar-refractivity contribution in [2.45, 2.75) is 12.7 Å². The Morgan fingerprint density at radius 1 is 0.953 bits per heavy atom. The summed E-state index contributed by atoms with van der Waals surface area (Å²) in [6, 6.07) is 20.3. The van der Waals surface area contributed by atoms with E-state index in [0.717, 1.165) is 6.07 Å². The van der Waals surface area contributed by atoms with Gasteiger partial charge in [0.25, 0.3) is 5.91 Å². The van der Waals surface area contributed by atoms with Gasteiger partial charge in [0.05, 0.1) is 34.8 Å². The van der Waals surface area contributed by atoms with E-state index in [4.69, 9.17) is 9.47 Å². The number of halogens is 3. The Kier molecular flexibility index (Phi) is 7.80. The van der Waals surface area contributed by atoms with E-state index in [1.807, 2.05) is 0 Å². The van der Waals surface area contributed by atoms with Crippen LogP contribution >= 0.6 is 0 Å². The summed E-state index contributed by atoms with van der Waals surface area (Å²) >= 11 is 0.